The summed E-state index contributed by atoms with van der Waals surface area (Å²) in [6.07, 6.45) is 0. The molecule has 0 saturated carbocycles. The second-order valence-corrected chi connectivity index (χ2v) is 9.70. The maximum absolute atomic E-state index is 5.91. The lowest BCUT2D eigenvalue weighted by Crippen LogP contribution is -2.01. The van der Waals surface area contributed by atoms with Crippen molar-refractivity contribution in [1.29, 1.82) is 0 Å². The molecule has 0 bridgehead atoms. The van der Waals surface area contributed by atoms with Crippen LogP contribution in [-0.4, -0.2) is 19.3 Å². The second kappa shape index (κ2) is 10.9. The molecule has 0 aliphatic rings. The summed E-state index contributed by atoms with van der Waals surface area (Å²) in [6, 6.07) is 31.4. The van der Waals surface area contributed by atoms with Crippen molar-refractivity contribution in [1.82, 2.24) is 19.3 Å². The van der Waals surface area contributed by atoms with Gasteiger partial charge in [0.25, 0.3) is 0 Å². The van der Waals surface area contributed by atoms with Crippen LogP contribution >= 0.6 is 11.8 Å². The third-order valence-corrected chi connectivity index (χ3v) is 7.27. The van der Waals surface area contributed by atoms with E-state index in [4.69, 9.17) is 4.74 Å². The van der Waals surface area contributed by atoms with Gasteiger partial charge in [0.1, 0.15) is 12.4 Å². The number of hydrogen-bond acceptors (Lipinski definition) is 4. The van der Waals surface area contributed by atoms with E-state index in [0.717, 1.165) is 45.8 Å². The lowest BCUT2D eigenvalue weighted by molar-refractivity contribution is 0.306. The van der Waals surface area contributed by atoms with Gasteiger partial charge < -0.3 is 13.9 Å². The van der Waals surface area contributed by atoms with Gasteiger partial charge in [0.05, 0.1) is 0 Å². The van der Waals surface area contributed by atoms with Gasteiger partial charge in [-0.25, -0.2) is 0 Å². The SMILES string of the molecule is CCn1c(SCc2ccc(OCc3ccccc3)cc2)nnc1-c1ccc(-n2c(C)ccc2C)cc1. The Bertz CT molecular complexity index is 1400. The first-order chi connectivity index (χ1) is 17.6. The lowest BCUT2D eigenvalue weighted by Gasteiger charge is -2.11. The predicted octanol–water partition coefficient (Wildman–Crippen LogP) is 7.24. The molecule has 182 valence electrons. The molecule has 0 aliphatic carbocycles. The summed E-state index contributed by atoms with van der Waals surface area (Å²) in [5.41, 5.74) is 7.07. The number of rotatable bonds is 9. The first-order valence-corrected chi connectivity index (χ1v) is 13.2. The Balaban J connectivity index is 1.24. The minimum absolute atomic E-state index is 0.572. The normalized spacial score (nSPS) is 11.1. The number of benzene rings is 3. The molecule has 6 heteroatoms. The maximum atomic E-state index is 5.91. The summed E-state index contributed by atoms with van der Waals surface area (Å²) in [7, 11) is 0. The second-order valence-electron chi connectivity index (χ2n) is 8.76. The topological polar surface area (TPSA) is 44.9 Å². The van der Waals surface area contributed by atoms with Crippen LogP contribution in [-0.2, 0) is 18.9 Å². The van der Waals surface area contributed by atoms with E-state index in [0.29, 0.717) is 6.61 Å². The average molecular weight is 495 g/mol. The van der Waals surface area contributed by atoms with E-state index in [2.05, 4.69) is 101 Å². The van der Waals surface area contributed by atoms with E-state index in [-0.39, 0.29) is 0 Å². The smallest absolute Gasteiger partial charge is 0.191 e. The van der Waals surface area contributed by atoms with Gasteiger partial charge in [-0.1, -0.05) is 54.2 Å². The van der Waals surface area contributed by atoms with Crippen molar-refractivity contribution in [2.45, 2.75) is 44.8 Å². The van der Waals surface area contributed by atoms with Crippen LogP contribution in [0.2, 0.25) is 0 Å². The van der Waals surface area contributed by atoms with Crippen LogP contribution in [0.4, 0.5) is 0 Å². The van der Waals surface area contributed by atoms with E-state index in [1.54, 1.807) is 11.8 Å². The van der Waals surface area contributed by atoms with Gasteiger partial charge >= 0.3 is 0 Å². The molecule has 3 aromatic carbocycles. The molecule has 0 saturated heterocycles. The Kier molecular flexibility index (Phi) is 7.23. The van der Waals surface area contributed by atoms with Crippen LogP contribution in [0.1, 0.15) is 29.4 Å². The standard InChI is InChI=1S/C30H30N4OS/c1-4-33-29(26-14-16-27(17-15-26)34-22(2)10-11-23(34)3)31-32-30(33)36-21-25-12-18-28(19-13-25)35-20-24-8-6-5-7-9-24/h5-19H,4,20-21H2,1-3H3. The molecule has 0 N–H and O–H groups in total. The van der Waals surface area contributed by atoms with Crippen molar-refractivity contribution < 1.29 is 4.74 Å². The Hall–Kier alpha value is -3.77. The van der Waals surface area contributed by atoms with E-state index < -0.39 is 0 Å². The predicted molar refractivity (Wildman–Crippen MR) is 147 cm³/mol. The van der Waals surface area contributed by atoms with Crippen LogP contribution in [0.3, 0.4) is 0 Å². The molecule has 0 atom stereocenters. The molecule has 5 rings (SSSR count). The molecule has 2 aromatic heterocycles. The molecular weight excluding hydrogens is 464 g/mol. The molecule has 36 heavy (non-hydrogen) atoms. The van der Waals surface area contributed by atoms with Crippen LogP contribution in [0.15, 0.2) is 96.2 Å². The van der Waals surface area contributed by atoms with Gasteiger partial charge in [-0.3, -0.25) is 0 Å². The fourth-order valence-electron chi connectivity index (χ4n) is 4.30. The number of thioether (sulfide) groups is 1. The minimum Gasteiger partial charge on any atom is -0.489 e. The van der Waals surface area contributed by atoms with Crippen molar-refractivity contribution in [2.24, 2.45) is 0 Å². The first-order valence-electron chi connectivity index (χ1n) is 12.2. The van der Waals surface area contributed by atoms with Crippen molar-refractivity contribution in [3.63, 3.8) is 0 Å². The highest BCUT2D eigenvalue weighted by Gasteiger charge is 2.14. The molecule has 0 radical (unpaired) electrons. The Labute approximate surface area is 216 Å². The van der Waals surface area contributed by atoms with Crippen molar-refractivity contribution >= 4 is 11.8 Å². The molecule has 2 heterocycles. The highest BCUT2D eigenvalue weighted by atomic mass is 32.2. The minimum atomic E-state index is 0.572. The summed E-state index contributed by atoms with van der Waals surface area (Å²) in [4.78, 5) is 0. The summed E-state index contributed by atoms with van der Waals surface area (Å²) in [5.74, 6) is 2.60. The number of nitrogens with zero attached hydrogens (tertiary/aromatic N) is 4. The van der Waals surface area contributed by atoms with Gasteiger partial charge in [-0.2, -0.15) is 0 Å². The van der Waals surface area contributed by atoms with Crippen molar-refractivity contribution in [3.8, 4) is 22.8 Å². The number of ether oxygens (including phenoxy) is 1. The van der Waals surface area contributed by atoms with Crippen LogP contribution in [0.5, 0.6) is 5.75 Å². The molecule has 5 nitrogen and oxygen atoms in total. The highest BCUT2D eigenvalue weighted by Crippen LogP contribution is 2.28. The first kappa shape index (κ1) is 23.9. The molecule has 0 amide bonds. The zero-order valence-corrected chi connectivity index (χ0v) is 21.7. The number of aryl methyl sites for hydroxylation is 2. The monoisotopic (exact) mass is 494 g/mol. The van der Waals surface area contributed by atoms with E-state index in [9.17, 15) is 0 Å². The zero-order valence-electron chi connectivity index (χ0n) is 20.9. The summed E-state index contributed by atoms with van der Waals surface area (Å²) < 4.78 is 10.4. The quantitative estimate of drug-likeness (QED) is 0.203. The van der Waals surface area contributed by atoms with Crippen LogP contribution < -0.4 is 4.74 Å². The van der Waals surface area contributed by atoms with Gasteiger partial charge in [-0.15, -0.1) is 10.2 Å². The molecule has 0 aliphatic heterocycles. The van der Waals surface area contributed by atoms with E-state index >= 15 is 0 Å². The number of hydrogen-bond donors (Lipinski definition) is 0. The van der Waals surface area contributed by atoms with Gasteiger partial charge in [0, 0.05) is 34.9 Å². The van der Waals surface area contributed by atoms with Gasteiger partial charge in [0.2, 0.25) is 0 Å². The Morgan fingerprint density at radius 2 is 1.44 bits per heavy atom. The Morgan fingerprint density at radius 1 is 0.750 bits per heavy atom. The Morgan fingerprint density at radius 3 is 2.11 bits per heavy atom. The maximum Gasteiger partial charge on any atom is 0.191 e. The zero-order chi connectivity index (χ0) is 24.9. The summed E-state index contributed by atoms with van der Waals surface area (Å²) >= 11 is 1.71. The molecular formula is C30H30N4OS. The van der Waals surface area contributed by atoms with E-state index in [1.807, 2.05) is 30.3 Å². The average Bonchev–Trinajstić information content (AvgIpc) is 3.49. The number of aromatic nitrogens is 4. The van der Waals surface area contributed by atoms with Gasteiger partial charge in [-0.05, 0) is 80.4 Å². The fourth-order valence-corrected chi connectivity index (χ4v) is 5.26. The highest BCUT2D eigenvalue weighted by molar-refractivity contribution is 7.98. The summed E-state index contributed by atoms with van der Waals surface area (Å²) in [5, 5.41) is 9.96. The van der Waals surface area contributed by atoms with Crippen LogP contribution in [0, 0.1) is 13.8 Å². The lowest BCUT2D eigenvalue weighted by atomic mass is 10.2. The molecule has 5 aromatic rings. The molecule has 0 spiro atoms. The summed E-state index contributed by atoms with van der Waals surface area (Å²) in [6.45, 7) is 7.78. The third kappa shape index (κ3) is 5.24. The molecule has 0 fully saturated rings. The van der Waals surface area contributed by atoms with Crippen molar-refractivity contribution in [2.75, 3.05) is 0 Å². The van der Waals surface area contributed by atoms with E-state index in [1.165, 1.54) is 17.0 Å². The molecule has 0 unspecified atom stereocenters. The largest absolute Gasteiger partial charge is 0.489 e. The third-order valence-electron chi connectivity index (χ3n) is 6.23. The van der Waals surface area contributed by atoms with Crippen LogP contribution in [0.25, 0.3) is 17.1 Å². The van der Waals surface area contributed by atoms with Crippen molar-refractivity contribution in [3.05, 3.63) is 114 Å². The van der Waals surface area contributed by atoms with Gasteiger partial charge in [0.15, 0.2) is 11.0 Å². The fraction of sp³-hybridized carbons (Fsp3) is 0.200.